The van der Waals surface area contributed by atoms with E-state index < -0.39 is 17.4 Å². The molecule has 0 aliphatic heterocycles. The van der Waals surface area contributed by atoms with Gasteiger partial charge in [-0.1, -0.05) is 0 Å². The molecule has 0 spiro atoms. The number of halogens is 3. The number of pyridine rings is 1. The Morgan fingerprint density at radius 3 is 2.69 bits per heavy atom. The molecule has 1 aromatic heterocycles. The van der Waals surface area contributed by atoms with Crippen LogP contribution in [0.1, 0.15) is 17.7 Å². The first-order valence-electron chi connectivity index (χ1n) is 3.17. The fourth-order valence-corrected chi connectivity index (χ4v) is 1.19. The van der Waals surface area contributed by atoms with Gasteiger partial charge < -0.3 is 4.98 Å². The molecule has 1 heterocycles. The van der Waals surface area contributed by atoms with Crippen molar-refractivity contribution in [2.45, 2.75) is 6.43 Å². The number of nitrogens with zero attached hydrogens (tertiary/aromatic N) is 1. The van der Waals surface area contributed by atoms with Crippen LogP contribution in [0.25, 0.3) is 0 Å². The fraction of sp³-hybridized carbons (Fsp3) is 0.143. The Labute approximate surface area is 80.1 Å². The number of aromatic nitrogens is 1. The molecular weight excluding hydrogens is 246 g/mol. The molecule has 1 aromatic rings. The lowest BCUT2D eigenvalue weighted by Crippen LogP contribution is -2.12. The molecule has 0 aliphatic carbocycles. The van der Waals surface area contributed by atoms with E-state index >= 15 is 0 Å². The predicted molar refractivity (Wildman–Crippen MR) is 44.4 cm³/mol. The highest BCUT2D eigenvalue weighted by atomic mass is 79.9. The van der Waals surface area contributed by atoms with Gasteiger partial charge in [-0.2, -0.15) is 5.26 Å². The van der Waals surface area contributed by atoms with Crippen LogP contribution in [-0.2, 0) is 0 Å². The Morgan fingerprint density at radius 2 is 2.23 bits per heavy atom. The molecule has 13 heavy (non-hydrogen) atoms. The number of hydrogen-bond acceptors (Lipinski definition) is 2. The third-order valence-electron chi connectivity index (χ3n) is 1.40. The van der Waals surface area contributed by atoms with Gasteiger partial charge in [0, 0.05) is 6.20 Å². The van der Waals surface area contributed by atoms with Crippen LogP contribution >= 0.6 is 15.9 Å². The summed E-state index contributed by atoms with van der Waals surface area (Å²) in [7, 11) is 0. The maximum Gasteiger partial charge on any atom is 0.269 e. The van der Waals surface area contributed by atoms with Crippen molar-refractivity contribution < 1.29 is 8.78 Å². The van der Waals surface area contributed by atoms with E-state index in [9.17, 15) is 13.6 Å². The van der Waals surface area contributed by atoms with E-state index in [-0.39, 0.29) is 10.2 Å². The van der Waals surface area contributed by atoms with Crippen molar-refractivity contribution in [1.82, 2.24) is 4.98 Å². The van der Waals surface area contributed by atoms with Crippen molar-refractivity contribution in [3.05, 3.63) is 32.2 Å². The molecule has 0 radical (unpaired) electrons. The van der Waals surface area contributed by atoms with Gasteiger partial charge in [-0.05, 0) is 15.9 Å². The smallest absolute Gasteiger partial charge is 0.269 e. The largest absolute Gasteiger partial charge is 0.351 e. The minimum Gasteiger partial charge on any atom is -0.351 e. The average molecular weight is 249 g/mol. The summed E-state index contributed by atoms with van der Waals surface area (Å²) in [5.74, 6) is 0. The first-order valence-corrected chi connectivity index (χ1v) is 3.96. The van der Waals surface area contributed by atoms with Crippen LogP contribution in [0.3, 0.4) is 0 Å². The number of nitriles is 1. The Balaban J connectivity index is 3.43. The van der Waals surface area contributed by atoms with E-state index in [1.54, 1.807) is 6.07 Å². The maximum absolute atomic E-state index is 12.1. The lowest BCUT2D eigenvalue weighted by Gasteiger charge is -1.99. The van der Waals surface area contributed by atoms with Crippen LogP contribution in [0.15, 0.2) is 15.5 Å². The van der Waals surface area contributed by atoms with Crippen molar-refractivity contribution in [3.8, 4) is 6.07 Å². The van der Waals surface area contributed by atoms with Gasteiger partial charge in [-0.3, -0.25) is 4.79 Å². The van der Waals surface area contributed by atoms with Gasteiger partial charge in [0.1, 0.15) is 11.8 Å². The molecule has 0 unspecified atom stereocenters. The highest BCUT2D eigenvalue weighted by molar-refractivity contribution is 9.10. The number of aromatic amines is 1. The lowest BCUT2D eigenvalue weighted by atomic mass is 10.2. The van der Waals surface area contributed by atoms with Crippen LogP contribution in [0.4, 0.5) is 8.78 Å². The first kappa shape index (κ1) is 9.86. The van der Waals surface area contributed by atoms with Crippen LogP contribution in [0, 0.1) is 11.3 Å². The second-order valence-electron chi connectivity index (χ2n) is 2.17. The first-order chi connectivity index (χ1) is 6.07. The van der Waals surface area contributed by atoms with Crippen molar-refractivity contribution >= 4 is 15.9 Å². The Bertz CT molecular complexity index is 421. The van der Waals surface area contributed by atoms with Gasteiger partial charge >= 0.3 is 0 Å². The molecule has 0 aromatic carbocycles. The molecule has 0 atom stereocenters. The number of rotatable bonds is 1. The average Bonchev–Trinajstić information content (AvgIpc) is 2.09. The molecule has 68 valence electrons. The second kappa shape index (κ2) is 3.66. The van der Waals surface area contributed by atoms with Crippen molar-refractivity contribution in [3.63, 3.8) is 0 Å². The number of nitrogens with one attached hydrogen (secondary N) is 1. The highest BCUT2D eigenvalue weighted by Crippen LogP contribution is 2.17. The molecule has 1 N–H and O–H groups in total. The minimum absolute atomic E-state index is 0.0607. The summed E-state index contributed by atoms with van der Waals surface area (Å²) in [4.78, 5) is 13.4. The Hall–Kier alpha value is -1.22. The fourth-order valence-electron chi connectivity index (χ4n) is 0.763. The van der Waals surface area contributed by atoms with Gasteiger partial charge in [0.25, 0.3) is 6.43 Å². The topological polar surface area (TPSA) is 56.6 Å². The van der Waals surface area contributed by atoms with Crippen LogP contribution in [-0.4, -0.2) is 4.98 Å². The maximum atomic E-state index is 12.1. The van der Waals surface area contributed by atoms with Crippen LogP contribution in [0.5, 0.6) is 0 Å². The van der Waals surface area contributed by atoms with E-state index in [4.69, 9.17) is 5.26 Å². The molecule has 0 saturated heterocycles. The van der Waals surface area contributed by atoms with Gasteiger partial charge in [-0.25, -0.2) is 8.78 Å². The summed E-state index contributed by atoms with van der Waals surface area (Å²) in [5, 5.41) is 8.43. The monoisotopic (exact) mass is 248 g/mol. The lowest BCUT2D eigenvalue weighted by molar-refractivity contribution is 0.149. The molecule has 0 bridgehead atoms. The van der Waals surface area contributed by atoms with Crippen LogP contribution in [0.2, 0.25) is 0 Å². The summed E-state index contributed by atoms with van der Waals surface area (Å²) < 4.78 is 24.1. The summed E-state index contributed by atoms with van der Waals surface area (Å²) in [5.41, 5.74) is -1.56. The molecule has 3 nitrogen and oxygen atoms in total. The molecular formula is C7H3BrF2N2O. The van der Waals surface area contributed by atoms with E-state index in [0.29, 0.717) is 0 Å². The van der Waals surface area contributed by atoms with Crippen molar-refractivity contribution in [2.75, 3.05) is 0 Å². The second-order valence-corrected chi connectivity index (χ2v) is 2.97. The normalized spacial score (nSPS) is 10.1. The zero-order chi connectivity index (χ0) is 10.0. The molecule has 0 fully saturated rings. The molecule has 6 heteroatoms. The van der Waals surface area contributed by atoms with E-state index in [2.05, 4.69) is 20.9 Å². The number of hydrogen-bond donors (Lipinski definition) is 1. The Morgan fingerprint density at radius 1 is 1.62 bits per heavy atom. The zero-order valence-electron chi connectivity index (χ0n) is 6.14. The van der Waals surface area contributed by atoms with Crippen LogP contribution < -0.4 is 5.43 Å². The molecule has 0 saturated carbocycles. The third-order valence-corrected chi connectivity index (χ3v) is 2.16. The van der Waals surface area contributed by atoms with Gasteiger partial charge in [0.2, 0.25) is 5.43 Å². The summed E-state index contributed by atoms with van der Waals surface area (Å²) in [6.07, 6.45) is -2.00. The number of H-pyrrole nitrogens is 1. The quantitative estimate of drug-likeness (QED) is 0.826. The van der Waals surface area contributed by atoms with Gasteiger partial charge in [0.15, 0.2) is 0 Å². The summed E-state index contributed by atoms with van der Waals surface area (Å²) in [6.45, 7) is 0. The predicted octanol–water partition coefficient (Wildman–Crippen LogP) is 1.95. The highest BCUT2D eigenvalue weighted by Gasteiger charge is 2.15. The van der Waals surface area contributed by atoms with Gasteiger partial charge in [-0.15, -0.1) is 0 Å². The molecule has 0 aliphatic rings. The SMILES string of the molecule is N#Cc1[nH]cc(C(F)F)c(=O)c1Br. The van der Waals surface area contributed by atoms with E-state index in [1.807, 2.05) is 0 Å². The third kappa shape index (κ3) is 1.75. The van der Waals surface area contributed by atoms with Gasteiger partial charge in [0.05, 0.1) is 10.0 Å². The zero-order valence-corrected chi connectivity index (χ0v) is 7.73. The standard InChI is InChI=1S/C7H3BrF2N2O/c8-5-4(1-11)12-2-3(6(5)13)7(9)10/h2,7H,(H,12,13). The molecule has 0 amide bonds. The Kier molecular flexibility index (Phi) is 2.78. The molecule has 1 rings (SSSR count). The van der Waals surface area contributed by atoms with Crippen molar-refractivity contribution in [2.24, 2.45) is 0 Å². The summed E-state index contributed by atoms with van der Waals surface area (Å²) >= 11 is 2.76. The number of alkyl halides is 2. The van der Waals surface area contributed by atoms with E-state index in [0.717, 1.165) is 6.20 Å². The van der Waals surface area contributed by atoms with E-state index in [1.165, 1.54) is 0 Å². The summed E-state index contributed by atoms with van der Waals surface area (Å²) in [6, 6.07) is 1.65. The minimum atomic E-state index is -2.84. The van der Waals surface area contributed by atoms with Crippen molar-refractivity contribution in [1.29, 1.82) is 5.26 Å².